The summed E-state index contributed by atoms with van der Waals surface area (Å²) < 4.78 is 0. The summed E-state index contributed by atoms with van der Waals surface area (Å²) in [5, 5.41) is 3.55. The molecule has 1 fully saturated rings. The van der Waals surface area contributed by atoms with E-state index in [1.54, 1.807) is 12.1 Å². The van der Waals surface area contributed by atoms with Gasteiger partial charge in [-0.1, -0.05) is 31.0 Å². The van der Waals surface area contributed by atoms with Crippen molar-refractivity contribution >= 4 is 23.2 Å². The Bertz CT molecular complexity index is 450. The van der Waals surface area contributed by atoms with Gasteiger partial charge in [0.05, 0.1) is 0 Å². The molecule has 0 aromatic heterocycles. The van der Waals surface area contributed by atoms with E-state index in [1.165, 1.54) is 25.7 Å². The first-order valence-electron chi connectivity index (χ1n) is 7.48. The molecule has 1 saturated heterocycles. The second-order valence-electron chi connectivity index (χ2n) is 5.40. The van der Waals surface area contributed by atoms with E-state index in [1.807, 2.05) is 12.1 Å². The van der Waals surface area contributed by atoms with E-state index >= 15 is 0 Å². The van der Waals surface area contributed by atoms with Crippen LogP contribution in [0.1, 0.15) is 39.0 Å². The molecule has 0 spiro atoms. The first-order chi connectivity index (χ1) is 9.69. The lowest BCUT2D eigenvalue weighted by molar-refractivity contribution is -0.116. The predicted octanol–water partition coefficient (Wildman–Crippen LogP) is 3.93. The van der Waals surface area contributed by atoms with Gasteiger partial charge in [-0.15, -0.1) is 0 Å². The van der Waals surface area contributed by atoms with Gasteiger partial charge in [0.15, 0.2) is 0 Å². The Morgan fingerprint density at radius 1 is 1.45 bits per heavy atom. The van der Waals surface area contributed by atoms with Crippen molar-refractivity contribution < 1.29 is 4.79 Å². The van der Waals surface area contributed by atoms with Crippen LogP contribution in [0, 0.1) is 0 Å². The fourth-order valence-electron chi connectivity index (χ4n) is 2.85. The van der Waals surface area contributed by atoms with Crippen molar-refractivity contribution in [1.82, 2.24) is 4.90 Å². The third kappa shape index (κ3) is 4.50. The Labute approximate surface area is 126 Å². The van der Waals surface area contributed by atoms with Crippen LogP contribution < -0.4 is 5.32 Å². The fourth-order valence-corrected chi connectivity index (χ4v) is 3.04. The van der Waals surface area contributed by atoms with Gasteiger partial charge in [0.1, 0.15) is 0 Å². The SMILES string of the molecule is CC[C@H]1CCCCN1CCC(=O)Nc1cccc(Cl)c1. The van der Waals surface area contributed by atoms with E-state index in [-0.39, 0.29) is 5.91 Å². The molecule has 1 aliphatic heterocycles. The number of carbonyl (C=O) groups is 1. The number of anilines is 1. The van der Waals surface area contributed by atoms with Crippen molar-refractivity contribution in [1.29, 1.82) is 0 Å². The van der Waals surface area contributed by atoms with Crippen LogP contribution in [0.4, 0.5) is 5.69 Å². The Kier molecular flexibility index (Phi) is 5.86. The lowest BCUT2D eigenvalue weighted by Gasteiger charge is -2.35. The van der Waals surface area contributed by atoms with E-state index in [2.05, 4.69) is 17.1 Å². The zero-order valence-corrected chi connectivity index (χ0v) is 12.8. The van der Waals surface area contributed by atoms with Gasteiger partial charge in [0.2, 0.25) is 5.91 Å². The Hall–Kier alpha value is -1.06. The molecule has 0 saturated carbocycles. The molecule has 1 amide bonds. The maximum atomic E-state index is 12.0. The Morgan fingerprint density at radius 2 is 2.30 bits per heavy atom. The van der Waals surface area contributed by atoms with Gasteiger partial charge in [-0.25, -0.2) is 0 Å². The van der Waals surface area contributed by atoms with E-state index < -0.39 is 0 Å². The highest BCUT2D eigenvalue weighted by molar-refractivity contribution is 6.30. The lowest BCUT2D eigenvalue weighted by atomic mass is 10.00. The van der Waals surface area contributed by atoms with Crippen LogP contribution in [0.3, 0.4) is 0 Å². The zero-order valence-electron chi connectivity index (χ0n) is 12.1. The molecule has 1 N–H and O–H groups in total. The second-order valence-corrected chi connectivity index (χ2v) is 5.84. The van der Waals surface area contributed by atoms with E-state index in [9.17, 15) is 4.79 Å². The zero-order chi connectivity index (χ0) is 14.4. The average Bonchev–Trinajstić information content (AvgIpc) is 2.45. The van der Waals surface area contributed by atoms with Crippen molar-refractivity contribution in [3.05, 3.63) is 29.3 Å². The molecule has 2 rings (SSSR count). The third-order valence-corrected chi connectivity index (χ3v) is 4.19. The number of benzene rings is 1. The number of halogens is 1. The molecule has 20 heavy (non-hydrogen) atoms. The quantitative estimate of drug-likeness (QED) is 0.892. The molecule has 4 heteroatoms. The number of nitrogens with zero attached hydrogens (tertiary/aromatic N) is 1. The van der Waals surface area contributed by atoms with Crippen molar-refractivity contribution in [2.24, 2.45) is 0 Å². The maximum absolute atomic E-state index is 12.0. The number of piperidine rings is 1. The van der Waals surface area contributed by atoms with E-state index in [0.717, 1.165) is 18.8 Å². The number of carbonyl (C=O) groups excluding carboxylic acids is 1. The summed E-state index contributed by atoms with van der Waals surface area (Å²) in [4.78, 5) is 14.4. The number of hydrogen-bond acceptors (Lipinski definition) is 2. The fraction of sp³-hybridized carbons (Fsp3) is 0.562. The number of amides is 1. The van der Waals surface area contributed by atoms with Crippen LogP contribution in [0.25, 0.3) is 0 Å². The predicted molar refractivity (Wildman–Crippen MR) is 84.2 cm³/mol. The molecule has 0 radical (unpaired) electrons. The standard InChI is InChI=1S/C16H23ClN2O/c1-2-15-8-3-4-10-19(15)11-9-16(20)18-14-7-5-6-13(17)12-14/h5-7,12,15H,2-4,8-11H2,1H3,(H,18,20)/t15-/m0/s1. The minimum absolute atomic E-state index is 0.0627. The molecule has 110 valence electrons. The molecular formula is C16H23ClN2O. The van der Waals surface area contributed by atoms with Crippen LogP contribution in [-0.4, -0.2) is 29.9 Å². The second kappa shape index (κ2) is 7.65. The molecule has 1 aliphatic rings. The highest BCUT2D eigenvalue weighted by Gasteiger charge is 2.20. The van der Waals surface area contributed by atoms with Crippen molar-refractivity contribution in [3.8, 4) is 0 Å². The molecule has 1 heterocycles. The van der Waals surface area contributed by atoms with Crippen LogP contribution >= 0.6 is 11.6 Å². The number of rotatable bonds is 5. The average molecular weight is 295 g/mol. The van der Waals surface area contributed by atoms with Crippen LogP contribution in [0.5, 0.6) is 0 Å². The van der Waals surface area contributed by atoms with Gasteiger partial charge in [-0.3, -0.25) is 9.69 Å². The first kappa shape index (κ1) is 15.3. The molecule has 0 unspecified atom stereocenters. The Morgan fingerprint density at radius 3 is 3.05 bits per heavy atom. The molecule has 1 aromatic carbocycles. The first-order valence-corrected chi connectivity index (χ1v) is 7.86. The van der Waals surface area contributed by atoms with Crippen LogP contribution in [0.2, 0.25) is 5.02 Å². The molecule has 1 atom stereocenters. The van der Waals surface area contributed by atoms with E-state index in [4.69, 9.17) is 11.6 Å². The van der Waals surface area contributed by atoms with Gasteiger partial charge in [0.25, 0.3) is 0 Å². The van der Waals surface area contributed by atoms with Gasteiger partial charge < -0.3 is 5.32 Å². The summed E-state index contributed by atoms with van der Waals surface area (Å²) in [6.07, 6.45) is 5.57. The molecule has 0 bridgehead atoms. The number of nitrogens with one attached hydrogen (secondary N) is 1. The Balaban J connectivity index is 1.79. The smallest absolute Gasteiger partial charge is 0.225 e. The summed E-state index contributed by atoms with van der Waals surface area (Å²) in [6.45, 7) is 4.21. The van der Waals surface area contributed by atoms with Gasteiger partial charge >= 0.3 is 0 Å². The summed E-state index contributed by atoms with van der Waals surface area (Å²) >= 11 is 5.91. The summed E-state index contributed by atoms with van der Waals surface area (Å²) in [5.74, 6) is 0.0627. The number of likely N-dealkylation sites (tertiary alicyclic amines) is 1. The minimum atomic E-state index is 0.0627. The highest BCUT2D eigenvalue weighted by atomic mass is 35.5. The van der Waals surface area contributed by atoms with Crippen molar-refractivity contribution in [2.45, 2.75) is 45.1 Å². The van der Waals surface area contributed by atoms with Crippen molar-refractivity contribution in [3.63, 3.8) is 0 Å². The number of hydrogen-bond donors (Lipinski definition) is 1. The monoisotopic (exact) mass is 294 g/mol. The van der Waals surface area contributed by atoms with Crippen LogP contribution in [-0.2, 0) is 4.79 Å². The minimum Gasteiger partial charge on any atom is -0.326 e. The summed E-state index contributed by atoms with van der Waals surface area (Å²) in [6, 6.07) is 7.93. The molecular weight excluding hydrogens is 272 g/mol. The normalized spacial score (nSPS) is 19.8. The summed E-state index contributed by atoms with van der Waals surface area (Å²) in [7, 11) is 0. The largest absolute Gasteiger partial charge is 0.326 e. The van der Waals surface area contributed by atoms with Gasteiger partial charge in [0, 0.05) is 29.7 Å². The van der Waals surface area contributed by atoms with Crippen LogP contribution in [0.15, 0.2) is 24.3 Å². The van der Waals surface area contributed by atoms with Gasteiger partial charge in [-0.2, -0.15) is 0 Å². The highest BCUT2D eigenvalue weighted by Crippen LogP contribution is 2.20. The van der Waals surface area contributed by atoms with Gasteiger partial charge in [-0.05, 0) is 44.0 Å². The lowest BCUT2D eigenvalue weighted by Crippen LogP contribution is -2.40. The molecule has 1 aromatic rings. The molecule has 3 nitrogen and oxygen atoms in total. The third-order valence-electron chi connectivity index (χ3n) is 3.95. The topological polar surface area (TPSA) is 32.3 Å². The summed E-state index contributed by atoms with van der Waals surface area (Å²) in [5.41, 5.74) is 0.771. The maximum Gasteiger partial charge on any atom is 0.225 e. The molecule has 0 aliphatic carbocycles. The van der Waals surface area contributed by atoms with Crippen molar-refractivity contribution in [2.75, 3.05) is 18.4 Å². The van der Waals surface area contributed by atoms with E-state index in [0.29, 0.717) is 17.5 Å².